The quantitative estimate of drug-likeness (QED) is 0.763. The van der Waals surface area contributed by atoms with Crippen LogP contribution in [0.25, 0.3) is 0 Å². The van der Waals surface area contributed by atoms with E-state index in [2.05, 4.69) is 5.32 Å². The smallest absolute Gasteiger partial charge is 0.256 e. The maximum Gasteiger partial charge on any atom is 0.256 e. The van der Waals surface area contributed by atoms with Crippen molar-refractivity contribution in [3.05, 3.63) is 46.7 Å². The van der Waals surface area contributed by atoms with Gasteiger partial charge in [-0.3, -0.25) is 4.79 Å². The van der Waals surface area contributed by atoms with E-state index < -0.39 is 0 Å². The van der Waals surface area contributed by atoms with Gasteiger partial charge in [0.05, 0.1) is 5.56 Å². The summed E-state index contributed by atoms with van der Waals surface area (Å²) in [5, 5.41) is 15.4. The van der Waals surface area contributed by atoms with Gasteiger partial charge in [-0.05, 0) is 35.7 Å². The van der Waals surface area contributed by atoms with Gasteiger partial charge >= 0.3 is 0 Å². The minimum atomic E-state index is -0.137. The Morgan fingerprint density at radius 1 is 1.20 bits per heavy atom. The first-order chi connectivity index (χ1) is 7.25. The molecule has 1 aromatic carbocycles. The van der Waals surface area contributed by atoms with Gasteiger partial charge in [-0.25, -0.2) is 0 Å². The molecular formula is C11H9NO2S. The predicted molar refractivity (Wildman–Crippen MR) is 60.4 cm³/mol. The van der Waals surface area contributed by atoms with Crippen molar-refractivity contribution in [3.8, 4) is 5.75 Å². The van der Waals surface area contributed by atoms with Crippen LogP contribution < -0.4 is 5.32 Å². The number of thiophene rings is 1. The summed E-state index contributed by atoms with van der Waals surface area (Å²) in [5.41, 5.74) is 1.32. The number of amides is 1. The van der Waals surface area contributed by atoms with Gasteiger partial charge in [-0.1, -0.05) is 0 Å². The van der Waals surface area contributed by atoms with Crippen molar-refractivity contribution in [1.29, 1.82) is 0 Å². The van der Waals surface area contributed by atoms with E-state index in [0.29, 0.717) is 11.3 Å². The molecule has 0 aliphatic rings. The Morgan fingerprint density at radius 3 is 2.53 bits per heavy atom. The third-order valence-electron chi connectivity index (χ3n) is 1.91. The van der Waals surface area contributed by atoms with E-state index in [1.807, 2.05) is 5.38 Å². The number of carbonyl (C=O) groups is 1. The number of phenolic OH excluding ortho intramolecular Hbond substituents is 1. The molecule has 2 N–H and O–H groups in total. The average Bonchev–Trinajstić information content (AvgIpc) is 2.74. The summed E-state index contributed by atoms with van der Waals surface area (Å²) in [5.74, 6) is 0.0467. The van der Waals surface area contributed by atoms with Crippen molar-refractivity contribution in [2.24, 2.45) is 0 Å². The number of rotatable bonds is 2. The largest absolute Gasteiger partial charge is 0.508 e. The Hall–Kier alpha value is -1.81. The molecule has 2 rings (SSSR count). The van der Waals surface area contributed by atoms with Gasteiger partial charge in [0.1, 0.15) is 5.75 Å². The van der Waals surface area contributed by atoms with Gasteiger partial charge in [0.25, 0.3) is 5.91 Å². The third kappa shape index (κ3) is 2.35. The van der Waals surface area contributed by atoms with Crippen molar-refractivity contribution in [1.82, 2.24) is 0 Å². The van der Waals surface area contributed by atoms with Crippen molar-refractivity contribution in [3.63, 3.8) is 0 Å². The van der Waals surface area contributed by atoms with E-state index in [-0.39, 0.29) is 11.7 Å². The van der Waals surface area contributed by atoms with E-state index in [1.165, 1.54) is 23.5 Å². The number of phenols is 1. The summed E-state index contributed by atoms with van der Waals surface area (Å²) in [4.78, 5) is 11.6. The van der Waals surface area contributed by atoms with Gasteiger partial charge in [-0.15, -0.1) is 0 Å². The monoisotopic (exact) mass is 219 g/mol. The van der Waals surface area contributed by atoms with Gasteiger partial charge < -0.3 is 10.4 Å². The summed E-state index contributed by atoms with van der Waals surface area (Å²) in [6.07, 6.45) is 0. The van der Waals surface area contributed by atoms with E-state index in [9.17, 15) is 4.79 Å². The summed E-state index contributed by atoms with van der Waals surface area (Å²) in [6.45, 7) is 0. The molecular weight excluding hydrogens is 210 g/mol. The van der Waals surface area contributed by atoms with E-state index in [4.69, 9.17) is 5.11 Å². The van der Waals surface area contributed by atoms with Crippen molar-refractivity contribution >= 4 is 22.9 Å². The molecule has 15 heavy (non-hydrogen) atoms. The van der Waals surface area contributed by atoms with E-state index in [1.54, 1.807) is 23.6 Å². The predicted octanol–water partition coefficient (Wildman–Crippen LogP) is 2.71. The molecule has 0 atom stereocenters. The number of anilines is 1. The van der Waals surface area contributed by atoms with Crippen LogP contribution in [0.5, 0.6) is 5.75 Å². The number of carbonyl (C=O) groups excluding carboxylic acids is 1. The highest BCUT2D eigenvalue weighted by Gasteiger charge is 2.05. The maximum absolute atomic E-state index is 11.6. The van der Waals surface area contributed by atoms with E-state index >= 15 is 0 Å². The summed E-state index contributed by atoms with van der Waals surface area (Å²) in [6, 6.07) is 8.13. The van der Waals surface area contributed by atoms with Gasteiger partial charge in [-0.2, -0.15) is 11.3 Å². The highest BCUT2D eigenvalue weighted by Crippen LogP contribution is 2.15. The molecule has 3 nitrogen and oxygen atoms in total. The Balaban J connectivity index is 2.09. The normalized spacial score (nSPS) is 9.87. The number of aromatic hydroxyl groups is 1. The standard InChI is InChI=1S/C11H9NO2S/c13-10-3-1-9(2-4-10)12-11(14)8-5-6-15-7-8/h1-7,13H,(H,12,14). The Kier molecular flexibility index (Phi) is 2.69. The Labute approximate surface area is 91.0 Å². The second-order valence-electron chi connectivity index (χ2n) is 3.01. The highest BCUT2D eigenvalue weighted by atomic mass is 32.1. The molecule has 0 bridgehead atoms. The molecule has 1 heterocycles. The SMILES string of the molecule is O=C(Nc1ccc(O)cc1)c1ccsc1. The minimum absolute atomic E-state index is 0.137. The molecule has 0 fully saturated rings. The van der Waals surface area contributed by atoms with Crippen LogP contribution in [0.3, 0.4) is 0 Å². The molecule has 0 spiro atoms. The number of nitrogens with one attached hydrogen (secondary N) is 1. The molecule has 2 aromatic rings. The molecule has 0 aliphatic carbocycles. The number of hydrogen-bond donors (Lipinski definition) is 2. The average molecular weight is 219 g/mol. The highest BCUT2D eigenvalue weighted by molar-refractivity contribution is 7.08. The molecule has 0 radical (unpaired) electrons. The first-order valence-corrected chi connectivity index (χ1v) is 5.32. The molecule has 0 saturated carbocycles. The fourth-order valence-electron chi connectivity index (χ4n) is 1.14. The lowest BCUT2D eigenvalue weighted by Gasteiger charge is -2.03. The van der Waals surface area contributed by atoms with E-state index in [0.717, 1.165) is 0 Å². The van der Waals surface area contributed by atoms with Gasteiger partial charge in [0, 0.05) is 11.1 Å². The lowest BCUT2D eigenvalue weighted by molar-refractivity contribution is 0.102. The van der Waals surface area contributed by atoms with Crippen LogP contribution in [0, 0.1) is 0 Å². The van der Waals surface area contributed by atoms with Crippen molar-refractivity contribution < 1.29 is 9.90 Å². The first kappa shape index (κ1) is 9.73. The number of hydrogen-bond acceptors (Lipinski definition) is 3. The second-order valence-corrected chi connectivity index (χ2v) is 3.79. The molecule has 4 heteroatoms. The third-order valence-corrected chi connectivity index (χ3v) is 2.59. The summed E-state index contributed by atoms with van der Waals surface area (Å²) in [7, 11) is 0. The zero-order valence-electron chi connectivity index (χ0n) is 7.81. The molecule has 76 valence electrons. The minimum Gasteiger partial charge on any atom is -0.508 e. The van der Waals surface area contributed by atoms with Crippen LogP contribution in [0.15, 0.2) is 41.1 Å². The van der Waals surface area contributed by atoms with Crippen LogP contribution in [0.2, 0.25) is 0 Å². The zero-order valence-corrected chi connectivity index (χ0v) is 8.62. The fourth-order valence-corrected chi connectivity index (χ4v) is 1.78. The van der Waals surface area contributed by atoms with Crippen LogP contribution in [0.1, 0.15) is 10.4 Å². The zero-order chi connectivity index (χ0) is 10.7. The van der Waals surface area contributed by atoms with Gasteiger partial charge in [0.2, 0.25) is 0 Å². The number of benzene rings is 1. The molecule has 0 unspecified atom stereocenters. The van der Waals surface area contributed by atoms with Crippen LogP contribution in [-0.2, 0) is 0 Å². The maximum atomic E-state index is 11.6. The molecule has 0 saturated heterocycles. The molecule has 1 aromatic heterocycles. The van der Waals surface area contributed by atoms with Crippen LogP contribution in [0.4, 0.5) is 5.69 Å². The van der Waals surface area contributed by atoms with Gasteiger partial charge in [0.15, 0.2) is 0 Å². The fraction of sp³-hybridized carbons (Fsp3) is 0. The molecule has 1 amide bonds. The molecule has 0 aliphatic heterocycles. The second kappa shape index (κ2) is 4.14. The topological polar surface area (TPSA) is 49.3 Å². The van der Waals surface area contributed by atoms with Crippen LogP contribution >= 0.6 is 11.3 Å². The van der Waals surface area contributed by atoms with Crippen molar-refractivity contribution in [2.75, 3.05) is 5.32 Å². The summed E-state index contributed by atoms with van der Waals surface area (Å²) < 4.78 is 0. The van der Waals surface area contributed by atoms with Crippen molar-refractivity contribution in [2.45, 2.75) is 0 Å². The first-order valence-electron chi connectivity index (χ1n) is 4.38. The summed E-state index contributed by atoms with van der Waals surface area (Å²) >= 11 is 1.48. The lowest BCUT2D eigenvalue weighted by Crippen LogP contribution is -2.10. The Bertz CT molecular complexity index is 448. The Morgan fingerprint density at radius 2 is 1.93 bits per heavy atom. The van der Waals surface area contributed by atoms with Crippen LogP contribution in [-0.4, -0.2) is 11.0 Å². The lowest BCUT2D eigenvalue weighted by atomic mass is 10.2.